The SMILES string of the molecule is COc1cc(CNCCOc2ccccn2)c(Cl)cc1OCc1ccccc1Cl. The molecule has 0 fully saturated rings. The highest BCUT2D eigenvalue weighted by Crippen LogP contribution is 2.34. The van der Waals surface area contributed by atoms with Crippen molar-refractivity contribution in [1.82, 2.24) is 10.3 Å². The minimum absolute atomic E-state index is 0.328. The fraction of sp³-hybridized carbons (Fsp3) is 0.227. The van der Waals surface area contributed by atoms with E-state index in [2.05, 4.69) is 10.3 Å². The summed E-state index contributed by atoms with van der Waals surface area (Å²) < 4.78 is 16.9. The summed E-state index contributed by atoms with van der Waals surface area (Å²) in [5, 5.41) is 4.55. The number of aromatic nitrogens is 1. The van der Waals surface area contributed by atoms with Crippen LogP contribution in [0, 0.1) is 0 Å². The van der Waals surface area contributed by atoms with Gasteiger partial charge >= 0.3 is 0 Å². The fourth-order valence-corrected chi connectivity index (χ4v) is 3.05. The molecule has 0 atom stereocenters. The highest BCUT2D eigenvalue weighted by molar-refractivity contribution is 6.31. The molecule has 0 spiro atoms. The molecule has 3 rings (SSSR count). The average molecular weight is 433 g/mol. The molecule has 1 N–H and O–H groups in total. The number of rotatable bonds is 10. The third-order valence-electron chi connectivity index (χ3n) is 4.16. The second-order valence-electron chi connectivity index (χ2n) is 6.17. The maximum absolute atomic E-state index is 6.44. The molecule has 3 aromatic rings. The molecule has 0 radical (unpaired) electrons. The van der Waals surface area contributed by atoms with Crippen LogP contribution in [0.5, 0.6) is 17.4 Å². The van der Waals surface area contributed by atoms with Gasteiger partial charge in [0.25, 0.3) is 0 Å². The zero-order valence-electron chi connectivity index (χ0n) is 16.0. The van der Waals surface area contributed by atoms with E-state index in [-0.39, 0.29) is 0 Å². The van der Waals surface area contributed by atoms with Crippen molar-refractivity contribution < 1.29 is 14.2 Å². The largest absolute Gasteiger partial charge is 0.493 e. The predicted octanol–water partition coefficient (Wildman–Crippen LogP) is 5.14. The van der Waals surface area contributed by atoms with Gasteiger partial charge in [0, 0.05) is 47.0 Å². The van der Waals surface area contributed by atoms with Crippen LogP contribution < -0.4 is 19.5 Å². The van der Waals surface area contributed by atoms with E-state index in [1.807, 2.05) is 48.5 Å². The van der Waals surface area contributed by atoms with E-state index in [0.717, 1.165) is 11.1 Å². The molecule has 0 amide bonds. The first-order valence-electron chi connectivity index (χ1n) is 9.14. The topological polar surface area (TPSA) is 52.6 Å². The van der Waals surface area contributed by atoms with Gasteiger partial charge in [0.1, 0.15) is 13.2 Å². The number of nitrogens with one attached hydrogen (secondary N) is 1. The Morgan fingerprint density at radius 3 is 2.48 bits per heavy atom. The van der Waals surface area contributed by atoms with E-state index in [1.54, 1.807) is 19.4 Å². The van der Waals surface area contributed by atoms with E-state index >= 15 is 0 Å². The Bertz CT molecular complexity index is 923. The first-order chi connectivity index (χ1) is 14.2. The van der Waals surface area contributed by atoms with Crippen LogP contribution in [0.25, 0.3) is 0 Å². The molecule has 0 saturated carbocycles. The van der Waals surface area contributed by atoms with Crippen molar-refractivity contribution in [1.29, 1.82) is 0 Å². The average Bonchev–Trinajstić information content (AvgIpc) is 2.74. The lowest BCUT2D eigenvalue weighted by atomic mass is 10.2. The summed E-state index contributed by atoms with van der Waals surface area (Å²) in [5.41, 5.74) is 1.80. The Balaban J connectivity index is 1.54. The van der Waals surface area contributed by atoms with E-state index in [1.165, 1.54) is 0 Å². The molecular formula is C22H22Cl2N2O3. The summed E-state index contributed by atoms with van der Waals surface area (Å²) >= 11 is 12.6. The zero-order chi connectivity index (χ0) is 20.5. The molecular weight excluding hydrogens is 411 g/mol. The van der Waals surface area contributed by atoms with Crippen LogP contribution in [-0.4, -0.2) is 25.2 Å². The van der Waals surface area contributed by atoms with Gasteiger partial charge in [0.05, 0.1) is 7.11 Å². The minimum Gasteiger partial charge on any atom is -0.493 e. The summed E-state index contributed by atoms with van der Waals surface area (Å²) in [7, 11) is 1.60. The van der Waals surface area contributed by atoms with Crippen LogP contribution in [0.1, 0.15) is 11.1 Å². The highest BCUT2D eigenvalue weighted by Gasteiger charge is 2.11. The normalized spacial score (nSPS) is 10.6. The smallest absolute Gasteiger partial charge is 0.213 e. The molecule has 0 saturated heterocycles. The Hall–Kier alpha value is -2.47. The van der Waals surface area contributed by atoms with E-state index < -0.39 is 0 Å². The van der Waals surface area contributed by atoms with Crippen LogP contribution in [0.3, 0.4) is 0 Å². The van der Waals surface area contributed by atoms with Crippen molar-refractivity contribution in [3.05, 3.63) is 82.0 Å². The Morgan fingerprint density at radius 2 is 1.72 bits per heavy atom. The van der Waals surface area contributed by atoms with Crippen molar-refractivity contribution in [3.8, 4) is 17.4 Å². The van der Waals surface area contributed by atoms with Crippen LogP contribution in [-0.2, 0) is 13.2 Å². The second kappa shape index (κ2) is 10.9. The molecule has 1 heterocycles. The summed E-state index contributed by atoms with van der Waals surface area (Å²) in [6, 6.07) is 16.7. The molecule has 2 aromatic carbocycles. The first-order valence-corrected chi connectivity index (χ1v) is 9.90. The van der Waals surface area contributed by atoms with Crippen molar-refractivity contribution in [2.24, 2.45) is 0 Å². The number of benzene rings is 2. The summed E-state index contributed by atoms with van der Waals surface area (Å²) in [6.07, 6.45) is 1.70. The van der Waals surface area contributed by atoms with Crippen molar-refractivity contribution in [2.75, 3.05) is 20.3 Å². The molecule has 0 aliphatic heterocycles. The van der Waals surface area contributed by atoms with Crippen LogP contribution in [0.4, 0.5) is 0 Å². The predicted molar refractivity (Wildman–Crippen MR) is 115 cm³/mol. The van der Waals surface area contributed by atoms with Gasteiger partial charge in [-0.1, -0.05) is 47.5 Å². The molecule has 1 aromatic heterocycles. The molecule has 7 heteroatoms. The standard InChI is InChI=1S/C22H22Cl2N2O3/c1-27-20-12-17(14-25-10-11-28-22-8-4-5-9-26-22)19(24)13-21(20)29-15-16-6-2-3-7-18(16)23/h2-9,12-13,25H,10-11,14-15H2,1H3. The van der Waals surface area contributed by atoms with Gasteiger partial charge in [-0.3, -0.25) is 0 Å². The number of hydrogen-bond acceptors (Lipinski definition) is 5. The summed E-state index contributed by atoms with van der Waals surface area (Å²) in [6.45, 7) is 2.06. The van der Waals surface area contributed by atoms with Crippen molar-refractivity contribution in [2.45, 2.75) is 13.2 Å². The van der Waals surface area contributed by atoms with Gasteiger partial charge in [-0.2, -0.15) is 0 Å². The molecule has 152 valence electrons. The van der Waals surface area contributed by atoms with Gasteiger partial charge in [-0.25, -0.2) is 4.98 Å². The molecule has 5 nitrogen and oxygen atoms in total. The minimum atomic E-state index is 0.328. The summed E-state index contributed by atoms with van der Waals surface area (Å²) in [5.74, 6) is 1.79. The van der Waals surface area contributed by atoms with E-state index in [4.69, 9.17) is 37.4 Å². The molecule has 0 unspecified atom stereocenters. The van der Waals surface area contributed by atoms with Crippen LogP contribution in [0.2, 0.25) is 10.0 Å². The quantitative estimate of drug-likeness (QED) is 0.449. The third-order valence-corrected chi connectivity index (χ3v) is 4.88. The second-order valence-corrected chi connectivity index (χ2v) is 6.98. The lowest BCUT2D eigenvalue weighted by molar-refractivity contribution is 0.284. The Morgan fingerprint density at radius 1 is 0.897 bits per heavy atom. The number of halogens is 2. The number of pyridine rings is 1. The first kappa shape index (κ1) is 21.2. The Labute approximate surface area is 180 Å². The van der Waals surface area contributed by atoms with E-state index in [9.17, 15) is 0 Å². The molecule has 29 heavy (non-hydrogen) atoms. The monoisotopic (exact) mass is 432 g/mol. The molecule has 0 bridgehead atoms. The highest BCUT2D eigenvalue weighted by atomic mass is 35.5. The van der Waals surface area contributed by atoms with E-state index in [0.29, 0.717) is 53.7 Å². The van der Waals surface area contributed by atoms with Gasteiger partial charge in [-0.05, 0) is 23.8 Å². The zero-order valence-corrected chi connectivity index (χ0v) is 17.5. The molecule has 0 aliphatic rings. The number of hydrogen-bond donors (Lipinski definition) is 1. The Kier molecular flexibility index (Phi) is 7.99. The van der Waals surface area contributed by atoms with Crippen LogP contribution in [0.15, 0.2) is 60.8 Å². The number of ether oxygens (including phenoxy) is 3. The molecule has 0 aliphatic carbocycles. The maximum Gasteiger partial charge on any atom is 0.213 e. The number of methoxy groups -OCH3 is 1. The van der Waals surface area contributed by atoms with Gasteiger partial charge in [0.15, 0.2) is 11.5 Å². The number of nitrogens with zero attached hydrogens (tertiary/aromatic N) is 1. The fourth-order valence-electron chi connectivity index (χ4n) is 2.64. The summed E-state index contributed by atoms with van der Waals surface area (Å²) in [4.78, 5) is 4.12. The van der Waals surface area contributed by atoms with Gasteiger partial charge in [-0.15, -0.1) is 0 Å². The third kappa shape index (κ3) is 6.26. The van der Waals surface area contributed by atoms with Crippen molar-refractivity contribution in [3.63, 3.8) is 0 Å². The lowest BCUT2D eigenvalue weighted by Crippen LogP contribution is -2.21. The van der Waals surface area contributed by atoms with Crippen molar-refractivity contribution >= 4 is 23.2 Å². The lowest BCUT2D eigenvalue weighted by Gasteiger charge is -2.15. The van der Waals surface area contributed by atoms with Crippen LogP contribution >= 0.6 is 23.2 Å². The van der Waals surface area contributed by atoms with Gasteiger partial charge in [0.2, 0.25) is 5.88 Å². The van der Waals surface area contributed by atoms with Gasteiger partial charge < -0.3 is 19.5 Å². The maximum atomic E-state index is 6.44.